The molecule has 3 aliphatic rings. The van der Waals surface area contributed by atoms with Crippen LogP contribution in [0.15, 0.2) is 18.2 Å². The number of hydrogen-bond donors (Lipinski definition) is 2. The number of nitrogens with one attached hydrogen (secondary N) is 1. The highest BCUT2D eigenvalue weighted by Gasteiger charge is 2.41. The number of aliphatic hydroxyl groups is 1. The van der Waals surface area contributed by atoms with E-state index in [0.29, 0.717) is 31.0 Å². The van der Waals surface area contributed by atoms with Crippen LogP contribution in [0, 0.1) is 0 Å². The molecule has 1 aromatic rings. The third-order valence-electron chi connectivity index (χ3n) is 6.50. The highest BCUT2D eigenvalue weighted by molar-refractivity contribution is 6.01. The molecule has 0 bridgehead atoms. The molecule has 156 valence electrons. The second-order valence-corrected chi connectivity index (χ2v) is 8.12. The van der Waals surface area contributed by atoms with Crippen molar-refractivity contribution >= 4 is 17.7 Å². The summed E-state index contributed by atoms with van der Waals surface area (Å²) in [5, 5.41) is 10.1. The average Bonchev–Trinajstić information content (AvgIpc) is 3.28. The smallest absolute Gasteiger partial charge is 0.388 e. The molecule has 1 fully saturated rings. The summed E-state index contributed by atoms with van der Waals surface area (Å²) in [4.78, 5) is 30.8. The molecule has 3 unspecified atom stereocenters. The minimum Gasteiger partial charge on any atom is -0.489 e. The summed E-state index contributed by atoms with van der Waals surface area (Å²) in [5.74, 6) is 0.346. The van der Waals surface area contributed by atoms with Gasteiger partial charge in [-0.15, -0.1) is 4.99 Å². The van der Waals surface area contributed by atoms with Crippen LogP contribution in [-0.2, 0) is 11.3 Å². The number of hydrogen-bond acceptors (Lipinski definition) is 4. The fourth-order valence-corrected chi connectivity index (χ4v) is 4.97. The largest absolute Gasteiger partial charge is 0.489 e. The fourth-order valence-electron chi connectivity index (χ4n) is 4.97. The zero-order valence-electron chi connectivity index (χ0n) is 17.2. The third-order valence-corrected chi connectivity index (χ3v) is 6.50. The number of fused-ring (bicyclic) bond motifs is 1. The van der Waals surface area contributed by atoms with E-state index < -0.39 is 6.04 Å². The topological polar surface area (TPSA) is 84.1 Å². The van der Waals surface area contributed by atoms with E-state index >= 15 is 0 Å². The van der Waals surface area contributed by atoms with Gasteiger partial charge in [-0.25, -0.2) is 4.79 Å². The van der Waals surface area contributed by atoms with E-state index in [1.807, 2.05) is 18.2 Å². The first kappa shape index (κ1) is 19.9. The monoisotopic (exact) mass is 400 g/mol. The number of aliphatic hydroxyl groups excluding tert-OH is 1. The Balaban J connectivity index is 1.49. The maximum atomic E-state index is 12.8. The van der Waals surface area contributed by atoms with E-state index in [1.165, 1.54) is 6.42 Å². The summed E-state index contributed by atoms with van der Waals surface area (Å²) < 4.78 is 6.37. The van der Waals surface area contributed by atoms with Crippen molar-refractivity contribution in [2.24, 2.45) is 0 Å². The van der Waals surface area contributed by atoms with Crippen molar-refractivity contribution in [1.82, 2.24) is 9.80 Å². The van der Waals surface area contributed by atoms with Crippen LogP contribution in [0.3, 0.4) is 0 Å². The number of ether oxygens (including phenoxy) is 1. The molecule has 4 rings (SSSR count). The molecule has 2 amide bonds. The Hall–Kier alpha value is -2.41. The first-order valence-electron chi connectivity index (χ1n) is 10.7. The van der Waals surface area contributed by atoms with E-state index in [1.54, 1.807) is 4.90 Å². The maximum Gasteiger partial charge on any atom is 0.388 e. The van der Waals surface area contributed by atoms with Crippen LogP contribution in [-0.4, -0.2) is 63.9 Å². The van der Waals surface area contributed by atoms with Crippen molar-refractivity contribution in [1.29, 1.82) is 0 Å². The first-order chi connectivity index (χ1) is 14.0. The van der Waals surface area contributed by atoms with Crippen molar-refractivity contribution in [3.05, 3.63) is 29.3 Å². The molecule has 3 atom stereocenters. The van der Waals surface area contributed by atoms with Crippen molar-refractivity contribution < 1.29 is 24.4 Å². The van der Waals surface area contributed by atoms with Gasteiger partial charge in [0.1, 0.15) is 11.9 Å². The number of amides is 2. The molecule has 2 heterocycles. The molecule has 1 saturated carbocycles. The van der Waals surface area contributed by atoms with Gasteiger partial charge in [-0.3, -0.25) is 9.69 Å². The molecule has 0 saturated heterocycles. The molecule has 7 nitrogen and oxygen atoms in total. The molecular formula is C22H30N3O4+. The molecule has 2 N–H and O–H groups in total. The number of carbonyl (C=O) groups excluding carboxylic acids is 2. The lowest BCUT2D eigenvalue weighted by Crippen LogP contribution is -2.82. The predicted molar refractivity (Wildman–Crippen MR) is 108 cm³/mol. The number of likely N-dealkylation sites (N-methyl/N-ethyl adjacent to an activating group) is 1. The molecule has 29 heavy (non-hydrogen) atoms. The number of benzene rings is 1. The predicted octanol–water partition coefficient (Wildman–Crippen LogP) is 1.01. The Morgan fingerprint density at radius 2 is 2.00 bits per heavy atom. The van der Waals surface area contributed by atoms with Crippen LogP contribution >= 0.6 is 0 Å². The summed E-state index contributed by atoms with van der Waals surface area (Å²) >= 11 is 0. The molecule has 1 aliphatic carbocycles. The molecule has 0 aromatic heterocycles. The molecule has 2 aliphatic heterocycles. The van der Waals surface area contributed by atoms with Gasteiger partial charge in [-0.1, -0.05) is 13.8 Å². The Bertz CT molecular complexity index is 833. The minimum atomic E-state index is -0.473. The summed E-state index contributed by atoms with van der Waals surface area (Å²) in [6.45, 7) is 6.84. The van der Waals surface area contributed by atoms with Gasteiger partial charge in [0, 0.05) is 18.2 Å². The SMILES string of the molecule is CCN(CC)C1CCCC1Oc1ccc2c(c1)CN(C1CCC(=O)[NH+]=C1O)C2=O. The van der Waals surface area contributed by atoms with Crippen molar-refractivity contribution in [3.63, 3.8) is 0 Å². The van der Waals surface area contributed by atoms with Gasteiger partial charge in [0.2, 0.25) is 0 Å². The van der Waals surface area contributed by atoms with Gasteiger partial charge in [0.05, 0.1) is 6.42 Å². The van der Waals surface area contributed by atoms with Crippen molar-refractivity contribution in [2.45, 2.75) is 70.7 Å². The second-order valence-electron chi connectivity index (χ2n) is 8.12. The van der Waals surface area contributed by atoms with Crippen LogP contribution in [0.1, 0.15) is 61.9 Å². The minimum absolute atomic E-state index is 0.110. The molecule has 7 heteroatoms. The van der Waals surface area contributed by atoms with E-state index in [-0.39, 0.29) is 23.8 Å². The number of nitrogens with zero attached hydrogens (tertiary/aromatic N) is 2. The maximum absolute atomic E-state index is 12.8. The fraction of sp³-hybridized carbons (Fsp3) is 0.591. The Morgan fingerprint density at radius 1 is 1.21 bits per heavy atom. The highest BCUT2D eigenvalue weighted by Crippen LogP contribution is 2.32. The summed E-state index contributed by atoms with van der Waals surface area (Å²) in [6, 6.07) is 5.63. The van der Waals surface area contributed by atoms with Gasteiger partial charge in [0.25, 0.3) is 5.91 Å². The Kier molecular flexibility index (Phi) is 5.58. The number of rotatable bonds is 6. The van der Waals surface area contributed by atoms with Crippen molar-refractivity contribution in [3.8, 4) is 5.75 Å². The standard InChI is InChI=1S/C22H29N3O4/c1-3-24(4-2)17-6-5-7-19(17)29-15-8-9-16-14(12-15)13-25(22(16)28)18-10-11-20(26)23-21(18)27/h8-9,12,17-19H,3-7,10-11,13H2,1-2H3,(H,23,26,27)/p+1. The van der Waals surface area contributed by atoms with Gasteiger partial charge >= 0.3 is 11.8 Å². The average molecular weight is 400 g/mol. The normalized spacial score (nSPS) is 26.8. The Morgan fingerprint density at radius 3 is 2.72 bits per heavy atom. The van der Waals surface area contributed by atoms with Gasteiger partial charge < -0.3 is 14.7 Å². The van der Waals surface area contributed by atoms with E-state index in [9.17, 15) is 14.7 Å². The zero-order valence-corrected chi connectivity index (χ0v) is 17.2. The molecule has 0 spiro atoms. The van der Waals surface area contributed by atoms with E-state index in [4.69, 9.17) is 4.74 Å². The summed E-state index contributed by atoms with van der Waals surface area (Å²) in [7, 11) is 0. The first-order valence-corrected chi connectivity index (χ1v) is 10.7. The van der Waals surface area contributed by atoms with E-state index in [0.717, 1.165) is 37.2 Å². The van der Waals surface area contributed by atoms with Crippen LogP contribution in [0.25, 0.3) is 0 Å². The molecule has 0 radical (unpaired) electrons. The van der Waals surface area contributed by atoms with Gasteiger partial charge in [0.15, 0.2) is 6.04 Å². The Labute approximate surface area is 171 Å². The van der Waals surface area contributed by atoms with E-state index in [2.05, 4.69) is 23.7 Å². The van der Waals surface area contributed by atoms with Crippen LogP contribution < -0.4 is 9.73 Å². The lowest BCUT2D eigenvalue weighted by atomic mass is 10.1. The number of carbonyl (C=O) groups is 2. The third kappa shape index (κ3) is 3.75. The summed E-state index contributed by atoms with van der Waals surface area (Å²) in [5.41, 5.74) is 1.56. The van der Waals surface area contributed by atoms with Gasteiger partial charge in [-0.2, -0.15) is 0 Å². The molecular weight excluding hydrogens is 370 g/mol. The van der Waals surface area contributed by atoms with Crippen LogP contribution in [0.5, 0.6) is 5.75 Å². The lowest BCUT2D eigenvalue weighted by molar-refractivity contribution is -0.394. The van der Waals surface area contributed by atoms with Crippen LogP contribution in [0.2, 0.25) is 0 Å². The summed E-state index contributed by atoms with van der Waals surface area (Å²) in [6.07, 6.45) is 4.30. The van der Waals surface area contributed by atoms with Gasteiger partial charge in [-0.05, 0) is 62.5 Å². The quantitative estimate of drug-likeness (QED) is 0.745. The molecule has 1 aromatic carbocycles. The zero-order chi connectivity index (χ0) is 20.5. The van der Waals surface area contributed by atoms with Crippen LogP contribution in [0.4, 0.5) is 0 Å². The lowest BCUT2D eigenvalue weighted by Gasteiger charge is -2.31. The second kappa shape index (κ2) is 8.14. The van der Waals surface area contributed by atoms with Crippen molar-refractivity contribution in [2.75, 3.05) is 13.1 Å². The highest BCUT2D eigenvalue weighted by atomic mass is 16.5.